The molecule has 2 rings (SSSR count). The average molecular weight is 303 g/mol. The van der Waals surface area contributed by atoms with Crippen LogP contribution in [-0.4, -0.2) is 28.4 Å². The summed E-state index contributed by atoms with van der Waals surface area (Å²) in [5.74, 6) is -2.90. The van der Waals surface area contributed by atoms with E-state index in [1.165, 1.54) is 0 Å². The first kappa shape index (κ1) is 15.9. The number of nitrogens with one attached hydrogen (secondary N) is 1. The SMILES string of the molecule is Cn1cc(CCNC(=O)[C@H]2CCCC[C@@H]2C(F)(F)F)cn1. The van der Waals surface area contributed by atoms with Crippen LogP contribution in [0.25, 0.3) is 0 Å². The topological polar surface area (TPSA) is 46.9 Å². The van der Waals surface area contributed by atoms with E-state index in [1.807, 2.05) is 6.20 Å². The number of rotatable bonds is 4. The molecule has 1 aliphatic rings. The molecule has 0 spiro atoms. The van der Waals surface area contributed by atoms with Gasteiger partial charge in [0.15, 0.2) is 0 Å². The van der Waals surface area contributed by atoms with E-state index < -0.39 is 23.9 Å². The number of aryl methyl sites for hydroxylation is 1. The van der Waals surface area contributed by atoms with Crippen molar-refractivity contribution >= 4 is 5.91 Å². The zero-order chi connectivity index (χ0) is 15.5. The Labute approximate surface area is 121 Å². The number of aromatic nitrogens is 2. The van der Waals surface area contributed by atoms with Crippen LogP contribution in [0.3, 0.4) is 0 Å². The summed E-state index contributed by atoms with van der Waals surface area (Å²) in [5, 5.41) is 6.64. The first-order chi connectivity index (χ1) is 9.88. The predicted molar refractivity (Wildman–Crippen MR) is 71.4 cm³/mol. The van der Waals surface area contributed by atoms with Crippen LogP contribution < -0.4 is 5.32 Å². The Balaban J connectivity index is 1.86. The summed E-state index contributed by atoms with van der Waals surface area (Å²) in [6.07, 6.45) is 1.41. The molecule has 21 heavy (non-hydrogen) atoms. The van der Waals surface area contributed by atoms with Gasteiger partial charge in [0.1, 0.15) is 0 Å². The molecule has 0 radical (unpaired) electrons. The van der Waals surface area contributed by atoms with Crippen molar-refractivity contribution in [2.75, 3.05) is 6.54 Å². The number of amides is 1. The van der Waals surface area contributed by atoms with Gasteiger partial charge in [0.05, 0.1) is 12.1 Å². The summed E-state index contributed by atoms with van der Waals surface area (Å²) in [4.78, 5) is 12.0. The molecule has 1 fully saturated rings. The third kappa shape index (κ3) is 4.22. The molecule has 7 heteroatoms. The number of carbonyl (C=O) groups is 1. The molecule has 1 aromatic heterocycles. The molecule has 0 bridgehead atoms. The maximum absolute atomic E-state index is 13.0. The number of hydrogen-bond acceptors (Lipinski definition) is 2. The second-order valence-electron chi connectivity index (χ2n) is 5.60. The first-order valence-corrected chi connectivity index (χ1v) is 7.20. The third-order valence-corrected chi connectivity index (χ3v) is 3.99. The van der Waals surface area contributed by atoms with Gasteiger partial charge in [0.2, 0.25) is 5.91 Å². The van der Waals surface area contributed by atoms with Crippen molar-refractivity contribution in [3.63, 3.8) is 0 Å². The molecule has 2 atom stereocenters. The average Bonchev–Trinajstić information content (AvgIpc) is 2.83. The second kappa shape index (κ2) is 6.49. The molecule has 4 nitrogen and oxygen atoms in total. The molecule has 1 saturated carbocycles. The zero-order valence-electron chi connectivity index (χ0n) is 12.0. The third-order valence-electron chi connectivity index (χ3n) is 3.99. The Morgan fingerprint density at radius 2 is 2.14 bits per heavy atom. The Hall–Kier alpha value is -1.53. The summed E-state index contributed by atoms with van der Waals surface area (Å²) >= 11 is 0. The lowest BCUT2D eigenvalue weighted by Crippen LogP contribution is -2.43. The summed E-state index contributed by atoms with van der Waals surface area (Å²) in [6.45, 7) is 0.339. The summed E-state index contributed by atoms with van der Waals surface area (Å²) < 4.78 is 40.5. The normalized spacial score (nSPS) is 23.0. The molecule has 1 aliphatic carbocycles. The molecule has 1 N–H and O–H groups in total. The van der Waals surface area contributed by atoms with Crippen molar-refractivity contribution in [3.8, 4) is 0 Å². The van der Waals surface area contributed by atoms with E-state index in [0.717, 1.165) is 5.56 Å². The van der Waals surface area contributed by atoms with Gasteiger partial charge < -0.3 is 5.32 Å². The molecular weight excluding hydrogens is 283 g/mol. The van der Waals surface area contributed by atoms with Crippen LogP contribution in [0.1, 0.15) is 31.2 Å². The van der Waals surface area contributed by atoms with E-state index in [0.29, 0.717) is 32.2 Å². The minimum atomic E-state index is -4.29. The van der Waals surface area contributed by atoms with Gasteiger partial charge in [-0.2, -0.15) is 18.3 Å². The fourth-order valence-electron chi connectivity index (χ4n) is 2.90. The predicted octanol–water partition coefficient (Wildman–Crippen LogP) is 2.45. The molecule has 0 aromatic carbocycles. The van der Waals surface area contributed by atoms with E-state index in [-0.39, 0.29) is 6.42 Å². The van der Waals surface area contributed by atoms with E-state index >= 15 is 0 Å². The fraction of sp³-hybridized carbons (Fsp3) is 0.714. The molecule has 1 heterocycles. The number of alkyl halides is 3. The van der Waals surface area contributed by atoms with Gasteiger partial charge in [-0.1, -0.05) is 12.8 Å². The lowest BCUT2D eigenvalue weighted by molar-refractivity contribution is -0.198. The highest BCUT2D eigenvalue weighted by Crippen LogP contribution is 2.41. The molecule has 0 aliphatic heterocycles. The largest absolute Gasteiger partial charge is 0.392 e. The van der Waals surface area contributed by atoms with Crippen LogP contribution in [0, 0.1) is 11.8 Å². The van der Waals surface area contributed by atoms with Crippen LogP contribution >= 0.6 is 0 Å². The Bertz CT molecular complexity index is 484. The monoisotopic (exact) mass is 303 g/mol. The van der Waals surface area contributed by atoms with E-state index in [9.17, 15) is 18.0 Å². The highest BCUT2D eigenvalue weighted by Gasteiger charge is 2.47. The van der Waals surface area contributed by atoms with Crippen molar-refractivity contribution in [1.82, 2.24) is 15.1 Å². The van der Waals surface area contributed by atoms with Crippen molar-refractivity contribution in [3.05, 3.63) is 18.0 Å². The van der Waals surface area contributed by atoms with Crippen LogP contribution in [0.2, 0.25) is 0 Å². The lowest BCUT2D eigenvalue weighted by atomic mass is 9.78. The summed E-state index contributed by atoms with van der Waals surface area (Å²) in [7, 11) is 1.79. The van der Waals surface area contributed by atoms with Gasteiger partial charge in [0, 0.05) is 25.7 Å². The van der Waals surface area contributed by atoms with Crippen LogP contribution in [-0.2, 0) is 18.3 Å². The van der Waals surface area contributed by atoms with Crippen molar-refractivity contribution in [2.45, 2.75) is 38.3 Å². The smallest absolute Gasteiger partial charge is 0.356 e. The van der Waals surface area contributed by atoms with Crippen LogP contribution in [0.4, 0.5) is 13.2 Å². The van der Waals surface area contributed by atoms with Crippen LogP contribution in [0.15, 0.2) is 12.4 Å². The number of hydrogen-bond donors (Lipinski definition) is 1. The molecule has 0 saturated heterocycles. The van der Waals surface area contributed by atoms with E-state index in [2.05, 4.69) is 10.4 Å². The number of halogens is 3. The number of nitrogens with zero attached hydrogens (tertiary/aromatic N) is 2. The number of carbonyl (C=O) groups excluding carboxylic acids is 1. The maximum atomic E-state index is 13.0. The lowest BCUT2D eigenvalue weighted by Gasteiger charge is -2.31. The molecule has 118 valence electrons. The van der Waals surface area contributed by atoms with Gasteiger partial charge in [-0.3, -0.25) is 9.48 Å². The molecule has 1 amide bonds. The maximum Gasteiger partial charge on any atom is 0.392 e. The van der Waals surface area contributed by atoms with E-state index in [1.54, 1.807) is 17.9 Å². The Morgan fingerprint density at radius 3 is 2.76 bits per heavy atom. The van der Waals surface area contributed by atoms with Crippen molar-refractivity contribution in [1.29, 1.82) is 0 Å². The fourth-order valence-corrected chi connectivity index (χ4v) is 2.90. The quantitative estimate of drug-likeness (QED) is 0.928. The van der Waals surface area contributed by atoms with E-state index in [4.69, 9.17) is 0 Å². The summed E-state index contributed by atoms with van der Waals surface area (Å²) in [5.41, 5.74) is 0.953. The molecule has 0 unspecified atom stereocenters. The van der Waals surface area contributed by atoms with Crippen molar-refractivity contribution < 1.29 is 18.0 Å². The zero-order valence-corrected chi connectivity index (χ0v) is 12.0. The van der Waals surface area contributed by atoms with Gasteiger partial charge in [-0.15, -0.1) is 0 Å². The standard InChI is InChI=1S/C14H20F3N3O/c1-20-9-10(8-19-20)6-7-18-13(21)11-4-2-3-5-12(11)14(15,16)17/h8-9,11-12H,2-7H2,1H3,(H,18,21)/t11-,12-/m0/s1. The van der Waals surface area contributed by atoms with Gasteiger partial charge in [0.25, 0.3) is 0 Å². The Kier molecular flexibility index (Phi) is 4.90. The molecule has 1 aromatic rings. The first-order valence-electron chi connectivity index (χ1n) is 7.20. The highest BCUT2D eigenvalue weighted by atomic mass is 19.4. The minimum absolute atomic E-state index is 0.0597. The van der Waals surface area contributed by atoms with Gasteiger partial charge in [-0.25, -0.2) is 0 Å². The molecular formula is C14H20F3N3O. The van der Waals surface area contributed by atoms with Gasteiger partial charge >= 0.3 is 6.18 Å². The minimum Gasteiger partial charge on any atom is -0.356 e. The van der Waals surface area contributed by atoms with Crippen molar-refractivity contribution in [2.24, 2.45) is 18.9 Å². The highest BCUT2D eigenvalue weighted by molar-refractivity contribution is 5.79. The second-order valence-corrected chi connectivity index (χ2v) is 5.60. The van der Waals surface area contributed by atoms with Gasteiger partial charge in [-0.05, 0) is 24.8 Å². The van der Waals surface area contributed by atoms with Crippen LogP contribution in [0.5, 0.6) is 0 Å². The Morgan fingerprint density at radius 1 is 1.43 bits per heavy atom. The summed E-state index contributed by atoms with van der Waals surface area (Å²) in [6, 6.07) is 0.